The van der Waals surface area contributed by atoms with Gasteiger partial charge in [0.1, 0.15) is 0 Å². The number of rotatable bonds is 2. The highest BCUT2D eigenvalue weighted by atomic mass is 19.4. The Labute approximate surface area is 142 Å². The molecule has 0 aliphatic rings. The molecule has 2 aromatic carbocycles. The number of amides is 2. The molecule has 0 aliphatic heterocycles. The standard InChI is InChI=1S/C16H10F6N2O2/c17-15(18,19)9-3-1-5-11(7-9)24(14(26)13(23)25)12-6-2-4-10(8-12)16(20,21)22/h1-8H,(H2,23,25). The van der Waals surface area contributed by atoms with E-state index in [2.05, 4.69) is 0 Å². The molecule has 0 saturated carbocycles. The fourth-order valence-electron chi connectivity index (χ4n) is 2.14. The van der Waals surface area contributed by atoms with Crippen LogP contribution in [-0.2, 0) is 21.9 Å². The third-order valence-corrected chi connectivity index (χ3v) is 3.28. The van der Waals surface area contributed by atoms with E-state index >= 15 is 0 Å². The Morgan fingerprint density at radius 1 is 0.769 bits per heavy atom. The van der Waals surface area contributed by atoms with Crippen LogP contribution >= 0.6 is 0 Å². The van der Waals surface area contributed by atoms with E-state index in [9.17, 15) is 35.9 Å². The normalized spacial score (nSPS) is 11.9. The van der Waals surface area contributed by atoms with Gasteiger partial charge in [0.25, 0.3) is 0 Å². The summed E-state index contributed by atoms with van der Waals surface area (Å²) in [5.74, 6) is -3.02. The van der Waals surface area contributed by atoms with Gasteiger partial charge in [-0.1, -0.05) is 12.1 Å². The predicted octanol–water partition coefficient (Wildman–Crippen LogP) is 3.87. The van der Waals surface area contributed by atoms with Gasteiger partial charge < -0.3 is 5.73 Å². The number of alkyl halides is 6. The van der Waals surface area contributed by atoms with Crippen LogP contribution < -0.4 is 10.6 Å². The van der Waals surface area contributed by atoms with Crippen molar-refractivity contribution in [2.45, 2.75) is 12.4 Å². The maximum absolute atomic E-state index is 12.9. The molecule has 0 unspecified atom stereocenters. The Kier molecular flexibility index (Phi) is 4.97. The lowest BCUT2D eigenvalue weighted by molar-refractivity contribution is -0.138. The number of carbonyl (C=O) groups excluding carboxylic acids is 2. The molecule has 0 heterocycles. The summed E-state index contributed by atoms with van der Waals surface area (Å²) in [5, 5.41) is 0. The first-order chi connectivity index (χ1) is 11.9. The van der Waals surface area contributed by atoms with Gasteiger partial charge in [0.05, 0.1) is 11.1 Å². The quantitative estimate of drug-likeness (QED) is 0.639. The maximum atomic E-state index is 12.9. The molecule has 4 nitrogen and oxygen atoms in total. The zero-order valence-electron chi connectivity index (χ0n) is 12.7. The molecular weight excluding hydrogens is 366 g/mol. The maximum Gasteiger partial charge on any atom is 0.416 e. The van der Waals surface area contributed by atoms with Crippen molar-refractivity contribution in [3.8, 4) is 0 Å². The van der Waals surface area contributed by atoms with Crippen LogP contribution in [0.3, 0.4) is 0 Å². The predicted molar refractivity (Wildman–Crippen MR) is 79.2 cm³/mol. The van der Waals surface area contributed by atoms with Gasteiger partial charge >= 0.3 is 24.2 Å². The van der Waals surface area contributed by atoms with Gasteiger partial charge in [0.15, 0.2) is 0 Å². The first kappa shape index (κ1) is 19.3. The van der Waals surface area contributed by atoms with Gasteiger partial charge in [-0.2, -0.15) is 26.3 Å². The molecule has 0 saturated heterocycles. The second-order valence-corrected chi connectivity index (χ2v) is 5.10. The smallest absolute Gasteiger partial charge is 0.361 e. The van der Waals surface area contributed by atoms with E-state index in [1.54, 1.807) is 0 Å². The van der Waals surface area contributed by atoms with Gasteiger partial charge in [-0.05, 0) is 36.4 Å². The summed E-state index contributed by atoms with van der Waals surface area (Å²) in [4.78, 5) is 23.7. The van der Waals surface area contributed by atoms with E-state index in [0.717, 1.165) is 24.3 Å². The van der Waals surface area contributed by atoms with Gasteiger partial charge in [0.2, 0.25) is 0 Å². The van der Waals surface area contributed by atoms with Crippen molar-refractivity contribution >= 4 is 23.2 Å². The fraction of sp³-hybridized carbons (Fsp3) is 0.125. The fourth-order valence-corrected chi connectivity index (χ4v) is 2.14. The third-order valence-electron chi connectivity index (χ3n) is 3.28. The minimum Gasteiger partial charge on any atom is -0.361 e. The first-order valence-corrected chi connectivity index (χ1v) is 6.89. The third kappa shape index (κ3) is 4.13. The second-order valence-electron chi connectivity index (χ2n) is 5.10. The Balaban J connectivity index is 2.63. The largest absolute Gasteiger partial charge is 0.416 e. The van der Waals surface area contributed by atoms with Crippen molar-refractivity contribution in [3.63, 3.8) is 0 Å². The van der Waals surface area contributed by atoms with E-state index in [1.165, 1.54) is 0 Å². The summed E-state index contributed by atoms with van der Waals surface area (Å²) in [6, 6.07) is 6.46. The number of carbonyl (C=O) groups is 2. The van der Waals surface area contributed by atoms with Gasteiger partial charge in [-0.25, -0.2) is 0 Å². The first-order valence-electron chi connectivity index (χ1n) is 6.89. The van der Waals surface area contributed by atoms with Crippen LogP contribution in [0.15, 0.2) is 48.5 Å². The number of hydrogen-bond donors (Lipinski definition) is 1. The summed E-state index contributed by atoms with van der Waals surface area (Å²) >= 11 is 0. The summed E-state index contributed by atoms with van der Waals surface area (Å²) in [6.45, 7) is 0. The number of nitrogens with zero attached hydrogens (tertiary/aromatic N) is 1. The molecule has 10 heteroatoms. The molecular formula is C16H10F6N2O2. The van der Waals surface area contributed by atoms with Crippen molar-refractivity contribution in [3.05, 3.63) is 59.7 Å². The van der Waals surface area contributed by atoms with Crippen LogP contribution in [0.2, 0.25) is 0 Å². The van der Waals surface area contributed by atoms with Crippen molar-refractivity contribution in [1.82, 2.24) is 0 Å². The highest BCUT2D eigenvalue weighted by Crippen LogP contribution is 2.36. The number of hydrogen-bond acceptors (Lipinski definition) is 2. The van der Waals surface area contributed by atoms with Crippen LogP contribution in [0.1, 0.15) is 11.1 Å². The molecule has 0 atom stereocenters. The van der Waals surface area contributed by atoms with Crippen molar-refractivity contribution in [1.29, 1.82) is 0 Å². The van der Waals surface area contributed by atoms with E-state index in [-0.39, 0.29) is 0 Å². The molecule has 0 bridgehead atoms. The van der Waals surface area contributed by atoms with E-state index in [0.29, 0.717) is 29.2 Å². The van der Waals surface area contributed by atoms with Crippen molar-refractivity contribution in [2.24, 2.45) is 5.73 Å². The molecule has 0 aromatic heterocycles. The van der Waals surface area contributed by atoms with E-state index in [4.69, 9.17) is 5.73 Å². The lowest BCUT2D eigenvalue weighted by atomic mass is 10.1. The lowest BCUT2D eigenvalue weighted by Gasteiger charge is -2.23. The monoisotopic (exact) mass is 376 g/mol. The summed E-state index contributed by atoms with van der Waals surface area (Å²) in [6.07, 6.45) is -9.52. The lowest BCUT2D eigenvalue weighted by Crippen LogP contribution is -2.37. The van der Waals surface area contributed by atoms with E-state index < -0.39 is 46.7 Å². The van der Waals surface area contributed by atoms with Gasteiger partial charge in [-0.15, -0.1) is 0 Å². The minimum atomic E-state index is -4.76. The molecule has 0 aliphatic carbocycles. The summed E-state index contributed by atoms with van der Waals surface area (Å²) in [5.41, 5.74) is 1.68. The van der Waals surface area contributed by atoms with Crippen LogP contribution in [0.25, 0.3) is 0 Å². The van der Waals surface area contributed by atoms with Crippen LogP contribution in [0.4, 0.5) is 37.7 Å². The Morgan fingerprint density at radius 3 is 1.46 bits per heavy atom. The molecule has 138 valence electrons. The Morgan fingerprint density at radius 2 is 1.15 bits per heavy atom. The molecule has 2 rings (SSSR count). The number of halogens is 6. The van der Waals surface area contributed by atoms with Gasteiger partial charge in [0, 0.05) is 11.4 Å². The number of nitrogens with two attached hydrogens (primary N) is 1. The molecule has 0 fully saturated rings. The van der Waals surface area contributed by atoms with E-state index in [1.807, 2.05) is 0 Å². The minimum absolute atomic E-state index is 0.396. The zero-order valence-corrected chi connectivity index (χ0v) is 12.7. The zero-order chi connectivity index (χ0) is 19.7. The average Bonchev–Trinajstić information content (AvgIpc) is 2.54. The van der Waals surface area contributed by atoms with Crippen LogP contribution in [0.5, 0.6) is 0 Å². The van der Waals surface area contributed by atoms with Crippen molar-refractivity contribution < 1.29 is 35.9 Å². The topological polar surface area (TPSA) is 63.4 Å². The second kappa shape index (κ2) is 6.70. The molecule has 0 spiro atoms. The molecule has 0 radical (unpaired) electrons. The molecule has 2 amide bonds. The number of primary amides is 1. The molecule has 2 aromatic rings. The van der Waals surface area contributed by atoms with Gasteiger partial charge in [-0.3, -0.25) is 14.5 Å². The molecule has 2 N–H and O–H groups in total. The SMILES string of the molecule is NC(=O)C(=O)N(c1cccc(C(F)(F)F)c1)c1cccc(C(F)(F)F)c1. The Bertz CT molecular complexity index is 788. The molecule has 26 heavy (non-hydrogen) atoms. The summed E-state index contributed by atoms with van der Waals surface area (Å²) < 4.78 is 77.2. The van der Waals surface area contributed by atoms with Crippen LogP contribution in [-0.4, -0.2) is 11.8 Å². The average molecular weight is 376 g/mol. The highest BCUT2D eigenvalue weighted by Gasteiger charge is 2.34. The highest BCUT2D eigenvalue weighted by molar-refractivity contribution is 6.41. The summed E-state index contributed by atoms with van der Waals surface area (Å²) in [7, 11) is 0. The Hall–Kier alpha value is -3.04. The van der Waals surface area contributed by atoms with Crippen LogP contribution in [0, 0.1) is 0 Å². The number of anilines is 2. The van der Waals surface area contributed by atoms with Crippen molar-refractivity contribution in [2.75, 3.05) is 4.90 Å². The number of benzene rings is 2.